The number of carboxylic acids is 1. The van der Waals surface area contributed by atoms with E-state index < -0.39 is 5.97 Å². The van der Waals surface area contributed by atoms with E-state index >= 15 is 0 Å². The van der Waals surface area contributed by atoms with Gasteiger partial charge < -0.3 is 10.0 Å². The van der Waals surface area contributed by atoms with E-state index in [9.17, 15) is 4.79 Å². The van der Waals surface area contributed by atoms with Crippen molar-refractivity contribution in [2.75, 3.05) is 13.6 Å². The van der Waals surface area contributed by atoms with Crippen molar-refractivity contribution in [2.45, 2.75) is 39.7 Å². The van der Waals surface area contributed by atoms with Crippen LogP contribution in [-0.4, -0.2) is 35.6 Å². The highest BCUT2D eigenvalue weighted by molar-refractivity contribution is 5.67. The Balaban J connectivity index is 2.54. The van der Waals surface area contributed by atoms with Crippen LogP contribution in [0.1, 0.15) is 30.0 Å². The highest BCUT2D eigenvalue weighted by Gasteiger charge is 2.13. The number of nitrogens with zero attached hydrogens (tertiary/aromatic N) is 1. The number of aliphatic carboxylic acids is 1. The van der Waals surface area contributed by atoms with Crippen molar-refractivity contribution in [1.29, 1.82) is 0 Å². The van der Waals surface area contributed by atoms with Crippen LogP contribution < -0.4 is 0 Å². The quantitative estimate of drug-likeness (QED) is 0.842. The van der Waals surface area contributed by atoms with Gasteiger partial charge in [0, 0.05) is 12.6 Å². The second kappa shape index (κ2) is 6.55. The Labute approximate surface area is 109 Å². The van der Waals surface area contributed by atoms with Crippen LogP contribution in [0.25, 0.3) is 0 Å². The lowest BCUT2D eigenvalue weighted by Crippen LogP contribution is -2.32. The molecule has 1 atom stereocenters. The van der Waals surface area contributed by atoms with Gasteiger partial charge in [-0.1, -0.05) is 23.8 Å². The third kappa shape index (κ3) is 4.49. The topological polar surface area (TPSA) is 40.5 Å². The lowest BCUT2D eigenvalue weighted by atomic mass is 10.0. The van der Waals surface area contributed by atoms with Crippen molar-refractivity contribution in [1.82, 2.24) is 4.90 Å². The largest absolute Gasteiger partial charge is 0.481 e. The molecule has 1 unspecified atom stereocenters. The molecule has 0 fully saturated rings. The van der Waals surface area contributed by atoms with Crippen LogP contribution in [0.2, 0.25) is 0 Å². The van der Waals surface area contributed by atoms with Crippen molar-refractivity contribution >= 4 is 5.97 Å². The number of carbonyl (C=O) groups is 1. The Morgan fingerprint density at radius 3 is 2.67 bits per heavy atom. The van der Waals surface area contributed by atoms with Gasteiger partial charge in [-0.15, -0.1) is 0 Å². The fourth-order valence-electron chi connectivity index (χ4n) is 2.00. The number of likely N-dealkylation sites (N-methyl/N-ethyl adjacent to an activating group) is 1. The number of aryl methyl sites for hydroxylation is 2. The van der Waals surface area contributed by atoms with Crippen LogP contribution in [0.3, 0.4) is 0 Å². The van der Waals surface area contributed by atoms with Gasteiger partial charge >= 0.3 is 5.97 Å². The molecule has 0 saturated carbocycles. The Morgan fingerprint density at radius 1 is 1.39 bits per heavy atom. The van der Waals surface area contributed by atoms with Gasteiger partial charge in [-0.25, -0.2) is 0 Å². The molecular weight excluding hydrogens is 226 g/mol. The molecule has 1 N–H and O–H groups in total. The van der Waals surface area contributed by atoms with Crippen molar-refractivity contribution in [3.8, 4) is 0 Å². The Bertz CT molecular complexity index is 415. The van der Waals surface area contributed by atoms with Crippen LogP contribution in [0.4, 0.5) is 0 Å². The number of hydrogen-bond acceptors (Lipinski definition) is 2. The molecule has 0 heterocycles. The second-order valence-electron chi connectivity index (χ2n) is 5.11. The summed E-state index contributed by atoms with van der Waals surface area (Å²) in [4.78, 5) is 12.8. The van der Waals surface area contributed by atoms with Gasteiger partial charge in [0.2, 0.25) is 0 Å². The summed E-state index contributed by atoms with van der Waals surface area (Å²) in [6.07, 6.45) is 1.16. The first-order chi connectivity index (χ1) is 8.40. The van der Waals surface area contributed by atoms with Crippen LogP contribution in [0.5, 0.6) is 0 Å². The summed E-state index contributed by atoms with van der Waals surface area (Å²) in [5.41, 5.74) is 3.93. The van der Waals surface area contributed by atoms with Gasteiger partial charge in [0.15, 0.2) is 0 Å². The van der Waals surface area contributed by atoms with E-state index in [1.807, 2.05) is 14.0 Å². The van der Waals surface area contributed by atoms with Crippen LogP contribution in [0, 0.1) is 13.8 Å². The average Bonchev–Trinajstić information content (AvgIpc) is 2.29. The summed E-state index contributed by atoms with van der Waals surface area (Å²) < 4.78 is 0. The van der Waals surface area contributed by atoms with Gasteiger partial charge in [0.25, 0.3) is 0 Å². The van der Waals surface area contributed by atoms with Crippen LogP contribution >= 0.6 is 0 Å². The third-order valence-electron chi connectivity index (χ3n) is 3.46. The molecule has 0 aromatic heterocycles. The van der Waals surface area contributed by atoms with Gasteiger partial charge in [0.05, 0.1) is 6.42 Å². The van der Waals surface area contributed by atoms with E-state index in [0.29, 0.717) is 0 Å². The first kappa shape index (κ1) is 14.7. The molecule has 0 bridgehead atoms. The maximum atomic E-state index is 10.7. The minimum atomic E-state index is -0.735. The summed E-state index contributed by atoms with van der Waals surface area (Å²) in [6, 6.07) is 6.55. The molecule has 100 valence electrons. The summed E-state index contributed by atoms with van der Waals surface area (Å²) in [5, 5.41) is 8.77. The summed E-state index contributed by atoms with van der Waals surface area (Å²) in [5.74, 6) is -0.735. The van der Waals surface area contributed by atoms with E-state index in [1.165, 1.54) is 16.7 Å². The lowest BCUT2D eigenvalue weighted by molar-refractivity contribution is -0.138. The van der Waals surface area contributed by atoms with Gasteiger partial charge in [-0.3, -0.25) is 4.79 Å². The SMILES string of the molecule is Cc1ccc(C)c(CCN(C)C(C)CC(=O)O)c1. The minimum absolute atomic E-state index is 0.0765. The monoisotopic (exact) mass is 249 g/mol. The average molecular weight is 249 g/mol. The summed E-state index contributed by atoms with van der Waals surface area (Å²) in [6.45, 7) is 7.06. The molecule has 0 amide bonds. The number of benzene rings is 1. The zero-order valence-corrected chi connectivity index (χ0v) is 11.7. The van der Waals surface area contributed by atoms with Gasteiger partial charge in [-0.2, -0.15) is 0 Å². The number of rotatable bonds is 6. The fraction of sp³-hybridized carbons (Fsp3) is 0.533. The smallest absolute Gasteiger partial charge is 0.304 e. The highest BCUT2D eigenvalue weighted by Crippen LogP contribution is 2.12. The minimum Gasteiger partial charge on any atom is -0.481 e. The van der Waals surface area contributed by atoms with E-state index in [1.54, 1.807) is 0 Å². The maximum absolute atomic E-state index is 10.7. The highest BCUT2D eigenvalue weighted by atomic mass is 16.4. The van der Waals surface area contributed by atoms with Crippen molar-refractivity contribution in [3.63, 3.8) is 0 Å². The van der Waals surface area contributed by atoms with Crippen molar-refractivity contribution in [3.05, 3.63) is 34.9 Å². The van der Waals surface area contributed by atoms with E-state index in [2.05, 4.69) is 36.9 Å². The zero-order chi connectivity index (χ0) is 13.7. The van der Waals surface area contributed by atoms with E-state index in [0.717, 1.165) is 13.0 Å². The van der Waals surface area contributed by atoms with Crippen LogP contribution in [0.15, 0.2) is 18.2 Å². The summed E-state index contributed by atoms with van der Waals surface area (Å²) >= 11 is 0. The van der Waals surface area contributed by atoms with Crippen molar-refractivity contribution < 1.29 is 9.90 Å². The molecule has 3 heteroatoms. The molecule has 0 saturated heterocycles. The van der Waals surface area contributed by atoms with Crippen LogP contribution in [-0.2, 0) is 11.2 Å². The number of carboxylic acid groups (broad SMARTS) is 1. The standard InChI is InChI=1S/C15H23NO2/c1-11-5-6-12(2)14(9-11)7-8-16(4)13(3)10-15(17)18/h5-6,9,13H,7-8,10H2,1-4H3,(H,17,18). The molecular formula is C15H23NO2. The second-order valence-corrected chi connectivity index (χ2v) is 5.11. The van der Waals surface area contributed by atoms with Gasteiger partial charge in [-0.05, 0) is 45.4 Å². The molecule has 1 aromatic carbocycles. The first-order valence-electron chi connectivity index (χ1n) is 6.38. The molecule has 0 spiro atoms. The Kier molecular flexibility index (Phi) is 5.35. The fourth-order valence-corrected chi connectivity index (χ4v) is 2.00. The van der Waals surface area contributed by atoms with E-state index in [-0.39, 0.29) is 12.5 Å². The molecule has 18 heavy (non-hydrogen) atoms. The molecule has 3 nitrogen and oxygen atoms in total. The lowest BCUT2D eigenvalue weighted by Gasteiger charge is -2.23. The maximum Gasteiger partial charge on any atom is 0.304 e. The molecule has 0 radical (unpaired) electrons. The zero-order valence-electron chi connectivity index (χ0n) is 11.7. The van der Waals surface area contributed by atoms with Crippen molar-refractivity contribution in [2.24, 2.45) is 0 Å². The third-order valence-corrected chi connectivity index (χ3v) is 3.46. The first-order valence-corrected chi connectivity index (χ1v) is 6.38. The molecule has 0 aliphatic heterocycles. The Hall–Kier alpha value is -1.35. The molecule has 1 rings (SSSR count). The predicted molar refractivity (Wildman–Crippen MR) is 74.0 cm³/mol. The summed E-state index contributed by atoms with van der Waals surface area (Å²) in [7, 11) is 1.98. The molecule has 1 aromatic rings. The predicted octanol–water partition coefficient (Wildman–Crippen LogP) is 2.64. The molecule has 0 aliphatic rings. The normalized spacial score (nSPS) is 12.7. The number of hydrogen-bond donors (Lipinski definition) is 1. The van der Waals surface area contributed by atoms with E-state index in [4.69, 9.17) is 5.11 Å². The molecule has 0 aliphatic carbocycles. The Morgan fingerprint density at radius 2 is 2.06 bits per heavy atom. The van der Waals surface area contributed by atoms with Gasteiger partial charge in [0.1, 0.15) is 0 Å².